The molecule has 0 spiro atoms. The molecule has 0 unspecified atom stereocenters. The number of amides is 1. The summed E-state index contributed by atoms with van der Waals surface area (Å²) in [5, 5.41) is 3.88. The van der Waals surface area contributed by atoms with Crippen LogP contribution in [0.2, 0.25) is 0 Å². The maximum Gasteiger partial charge on any atom is 0.254 e. The molecule has 1 aliphatic heterocycles. The molecule has 0 radical (unpaired) electrons. The van der Waals surface area contributed by atoms with E-state index in [0.717, 1.165) is 43.7 Å². The molecular formula is C17H23N5OS. The molecule has 1 amide bonds. The zero-order valence-corrected chi connectivity index (χ0v) is 14.7. The highest BCUT2D eigenvalue weighted by molar-refractivity contribution is 7.08. The number of nitrogens with two attached hydrogens (primary N) is 1. The summed E-state index contributed by atoms with van der Waals surface area (Å²) in [6.07, 6.45) is 4.75. The van der Waals surface area contributed by atoms with Crippen molar-refractivity contribution in [1.82, 2.24) is 19.8 Å². The summed E-state index contributed by atoms with van der Waals surface area (Å²) in [4.78, 5) is 25.3. The highest BCUT2D eigenvalue weighted by Crippen LogP contribution is 2.19. The number of nitrogens with zero attached hydrogens (tertiary/aromatic N) is 4. The quantitative estimate of drug-likeness (QED) is 0.920. The Hall–Kier alpha value is -1.99. The fourth-order valence-electron chi connectivity index (χ4n) is 3.13. The van der Waals surface area contributed by atoms with Crippen LogP contribution < -0.4 is 5.73 Å². The third-order valence-electron chi connectivity index (χ3n) is 4.49. The van der Waals surface area contributed by atoms with E-state index in [1.54, 1.807) is 23.6 Å². The molecule has 1 aliphatic rings. The summed E-state index contributed by atoms with van der Waals surface area (Å²) in [6, 6.07) is 4.03. The summed E-state index contributed by atoms with van der Waals surface area (Å²) in [6.45, 7) is 2.30. The lowest BCUT2D eigenvalue weighted by atomic mass is 10.1. The lowest BCUT2D eigenvalue weighted by Crippen LogP contribution is -2.35. The van der Waals surface area contributed by atoms with Crippen molar-refractivity contribution < 1.29 is 4.79 Å². The van der Waals surface area contributed by atoms with Gasteiger partial charge in [0, 0.05) is 30.7 Å². The Kier molecular flexibility index (Phi) is 5.42. The van der Waals surface area contributed by atoms with E-state index in [-0.39, 0.29) is 5.91 Å². The fraction of sp³-hybridized carbons (Fsp3) is 0.471. The lowest BCUT2D eigenvalue weighted by molar-refractivity contribution is 0.0758. The maximum absolute atomic E-state index is 12.5. The molecule has 1 fully saturated rings. The van der Waals surface area contributed by atoms with Crippen LogP contribution in [0.4, 0.5) is 5.82 Å². The van der Waals surface area contributed by atoms with Gasteiger partial charge in [0.25, 0.3) is 5.91 Å². The molecule has 3 heterocycles. The molecule has 2 N–H and O–H groups in total. The minimum atomic E-state index is 0.152. The van der Waals surface area contributed by atoms with Gasteiger partial charge in [-0.3, -0.25) is 9.69 Å². The van der Waals surface area contributed by atoms with E-state index >= 15 is 0 Å². The number of aromatic nitrogens is 2. The Labute approximate surface area is 146 Å². The first kappa shape index (κ1) is 16.9. The van der Waals surface area contributed by atoms with Crippen LogP contribution in [0.25, 0.3) is 0 Å². The highest BCUT2D eigenvalue weighted by Gasteiger charge is 2.24. The molecule has 3 rings (SSSR count). The van der Waals surface area contributed by atoms with E-state index < -0.39 is 0 Å². The van der Waals surface area contributed by atoms with E-state index in [9.17, 15) is 4.79 Å². The van der Waals surface area contributed by atoms with Gasteiger partial charge in [0.2, 0.25) is 0 Å². The van der Waals surface area contributed by atoms with Crippen molar-refractivity contribution in [1.29, 1.82) is 0 Å². The summed E-state index contributed by atoms with van der Waals surface area (Å²) >= 11 is 1.57. The smallest absolute Gasteiger partial charge is 0.254 e. The van der Waals surface area contributed by atoms with Crippen molar-refractivity contribution in [3.63, 3.8) is 0 Å². The first-order valence-corrected chi connectivity index (χ1v) is 9.17. The van der Waals surface area contributed by atoms with Gasteiger partial charge in [0.15, 0.2) is 0 Å². The summed E-state index contributed by atoms with van der Waals surface area (Å²) in [5.74, 6) is 1.40. The molecule has 2 aromatic heterocycles. The maximum atomic E-state index is 12.5. The van der Waals surface area contributed by atoms with E-state index in [2.05, 4.69) is 21.9 Å². The molecule has 1 atom stereocenters. The van der Waals surface area contributed by atoms with Crippen molar-refractivity contribution in [2.45, 2.75) is 31.8 Å². The Morgan fingerprint density at radius 1 is 1.42 bits per heavy atom. The summed E-state index contributed by atoms with van der Waals surface area (Å²) in [5.41, 5.74) is 6.53. The van der Waals surface area contributed by atoms with Crippen LogP contribution >= 0.6 is 11.3 Å². The summed E-state index contributed by atoms with van der Waals surface area (Å²) < 4.78 is 0. The molecule has 0 aliphatic carbocycles. The first-order valence-electron chi connectivity index (χ1n) is 8.22. The van der Waals surface area contributed by atoms with Crippen LogP contribution in [0.3, 0.4) is 0 Å². The standard InChI is InChI=1S/C17H23N5OS/c1-21(11-16-19-7-4-15(18)20-16)14-3-2-8-22(9-5-14)17(23)13-6-10-24-12-13/h4,6-7,10,12,14H,2-3,5,8-9,11H2,1H3,(H2,18,19,20)/t14-/m1/s1. The van der Waals surface area contributed by atoms with E-state index in [1.165, 1.54) is 0 Å². The van der Waals surface area contributed by atoms with Gasteiger partial charge < -0.3 is 10.6 Å². The number of rotatable bonds is 4. The predicted octanol–water partition coefficient (Wildman–Crippen LogP) is 2.25. The second-order valence-corrected chi connectivity index (χ2v) is 6.98. The average Bonchev–Trinajstić information content (AvgIpc) is 2.98. The average molecular weight is 345 g/mol. The number of likely N-dealkylation sites (tertiary alicyclic amines) is 1. The number of anilines is 1. The largest absolute Gasteiger partial charge is 0.384 e. The number of hydrogen-bond acceptors (Lipinski definition) is 6. The second kappa shape index (κ2) is 7.72. The van der Waals surface area contributed by atoms with Crippen LogP contribution in [0, 0.1) is 0 Å². The summed E-state index contributed by atoms with van der Waals surface area (Å²) in [7, 11) is 2.09. The van der Waals surface area contributed by atoms with Crippen LogP contribution in [-0.2, 0) is 6.54 Å². The number of nitrogen functional groups attached to an aromatic ring is 1. The van der Waals surface area contributed by atoms with Gasteiger partial charge in [-0.1, -0.05) is 0 Å². The van der Waals surface area contributed by atoms with Crippen molar-refractivity contribution in [3.05, 3.63) is 40.5 Å². The molecule has 24 heavy (non-hydrogen) atoms. The molecule has 0 saturated carbocycles. The van der Waals surface area contributed by atoms with E-state index in [1.807, 2.05) is 21.7 Å². The molecule has 0 aromatic carbocycles. The Morgan fingerprint density at radius 3 is 3.04 bits per heavy atom. The van der Waals surface area contributed by atoms with Gasteiger partial charge in [-0.15, -0.1) is 0 Å². The van der Waals surface area contributed by atoms with Crippen molar-refractivity contribution >= 4 is 23.1 Å². The third-order valence-corrected chi connectivity index (χ3v) is 5.18. The van der Waals surface area contributed by atoms with Crippen molar-refractivity contribution in [2.75, 3.05) is 25.9 Å². The highest BCUT2D eigenvalue weighted by atomic mass is 32.1. The predicted molar refractivity (Wildman–Crippen MR) is 95.8 cm³/mol. The fourth-order valence-corrected chi connectivity index (χ4v) is 3.76. The number of carbonyl (C=O) groups is 1. The third kappa shape index (κ3) is 4.10. The molecule has 1 saturated heterocycles. The van der Waals surface area contributed by atoms with Gasteiger partial charge in [-0.05, 0) is 43.8 Å². The topological polar surface area (TPSA) is 75.4 Å². The Bertz CT molecular complexity index is 675. The molecular weight excluding hydrogens is 322 g/mol. The molecule has 0 bridgehead atoms. The monoisotopic (exact) mass is 345 g/mol. The molecule has 7 heteroatoms. The van der Waals surface area contributed by atoms with E-state index in [4.69, 9.17) is 5.73 Å². The number of thiophene rings is 1. The van der Waals surface area contributed by atoms with Gasteiger partial charge in [0.1, 0.15) is 11.6 Å². The SMILES string of the molecule is CN(Cc1nccc(N)n1)[C@@H]1CCCN(C(=O)c2ccsc2)CC1. The zero-order valence-electron chi connectivity index (χ0n) is 13.9. The van der Waals surface area contributed by atoms with Crippen LogP contribution in [0.1, 0.15) is 35.4 Å². The normalized spacial score (nSPS) is 18.6. The number of hydrogen-bond donors (Lipinski definition) is 1. The Morgan fingerprint density at radius 2 is 2.29 bits per heavy atom. The van der Waals surface area contributed by atoms with Crippen molar-refractivity contribution in [2.24, 2.45) is 0 Å². The van der Waals surface area contributed by atoms with Crippen molar-refractivity contribution in [3.8, 4) is 0 Å². The van der Waals surface area contributed by atoms with Gasteiger partial charge in [-0.25, -0.2) is 9.97 Å². The second-order valence-electron chi connectivity index (χ2n) is 6.20. The molecule has 2 aromatic rings. The number of carbonyl (C=O) groups excluding carboxylic acids is 1. The van der Waals surface area contributed by atoms with E-state index in [0.29, 0.717) is 18.4 Å². The van der Waals surface area contributed by atoms with Gasteiger partial charge in [0.05, 0.1) is 12.1 Å². The Balaban J connectivity index is 1.57. The minimum Gasteiger partial charge on any atom is -0.384 e. The van der Waals surface area contributed by atoms with Crippen LogP contribution in [-0.4, -0.2) is 51.9 Å². The minimum absolute atomic E-state index is 0.152. The lowest BCUT2D eigenvalue weighted by Gasteiger charge is -2.26. The van der Waals surface area contributed by atoms with Gasteiger partial charge in [-0.2, -0.15) is 11.3 Å². The van der Waals surface area contributed by atoms with Gasteiger partial charge >= 0.3 is 0 Å². The van der Waals surface area contributed by atoms with Crippen LogP contribution in [0.5, 0.6) is 0 Å². The van der Waals surface area contributed by atoms with Crippen LogP contribution in [0.15, 0.2) is 29.1 Å². The first-order chi connectivity index (χ1) is 11.6. The molecule has 128 valence electrons. The zero-order chi connectivity index (χ0) is 16.9. The molecule has 6 nitrogen and oxygen atoms in total.